The number of rotatable bonds is 5. The maximum absolute atomic E-state index is 13.7. The van der Waals surface area contributed by atoms with Crippen LogP contribution in [0.3, 0.4) is 0 Å². The van der Waals surface area contributed by atoms with Crippen LogP contribution in [0.1, 0.15) is 31.7 Å². The molecule has 4 heteroatoms. The van der Waals surface area contributed by atoms with Crippen LogP contribution in [-0.2, 0) is 6.54 Å². The van der Waals surface area contributed by atoms with E-state index >= 15 is 0 Å². The Kier molecular flexibility index (Phi) is 5.28. The molecule has 1 aromatic carbocycles. The fourth-order valence-corrected chi connectivity index (χ4v) is 2.69. The molecule has 1 aromatic rings. The summed E-state index contributed by atoms with van der Waals surface area (Å²) in [5.74, 6) is -0.675. The van der Waals surface area contributed by atoms with Crippen molar-refractivity contribution < 1.29 is 8.78 Å². The first-order chi connectivity index (χ1) is 9.20. The van der Waals surface area contributed by atoms with Gasteiger partial charge in [0.2, 0.25) is 0 Å². The van der Waals surface area contributed by atoms with Crippen LogP contribution >= 0.6 is 0 Å². The van der Waals surface area contributed by atoms with E-state index < -0.39 is 0 Å². The number of hydrogen-bond acceptors (Lipinski definition) is 2. The van der Waals surface area contributed by atoms with Crippen LogP contribution in [-0.4, -0.2) is 30.6 Å². The third-order valence-corrected chi connectivity index (χ3v) is 3.76. The van der Waals surface area contributed by atoms with Gasteiger partial charge in [0.25, 0.3) is 0 Å². The molecular weight excluding hydrogens is 246 g/mol. The van der Waals surface area contributed by atoms with Crippen LogP contribution in [0.4, 0.5) is 8.78 Å². The van der Waals surface area contributed by atoms with Gasteiger partial charge in [-0.3, -0.25) is 4.90 Å². The predicted molar refractivity (Wildman–Crippen MR) is 73.0 cm³/mol. The molecule has 0 amide bonds. The van der Waals surface area contributed by atoms with Gasteiger partial charge in [-0.25, -0.2) is 8.78 Å². The minimum absolute atomic E-state index is 0.311. The molecule has 1 atom stereocenters. The number of hydrogen-bond donors (Lipinski definition) is 1. The summed E-state index contributed by atoms with van der Waals surface area (Å²) >= 11 is 0. The third kappa shape index (κ3) is 3.98. The van der Waals surface area contributed by atoms with E-state index in [0.717, 1.165) is 32.5 Å². The second kappa shape index (κ2) is 6.96. The lowest BCUT2D eigenvalue weighted by Gasteiger charge is -2.36. The van der Waals surface area contributed by atoms with Crippen molar-refractivity contribution in [2.24, 2.45) is 0 Å². The molecule has 0 spiro atoms. The largest absolute Gasteiger partial charge is 0.315 e. The summed E-state index contributed by atoms with van der Waals surface area (Å²) in [7, 11) is 0. The van der Waals surface area contributed by atoms with Crippen LogP contribution in [0, 0.1) is 11.6 Å². The molecule has 2 nitrogen and oxygen atoms in total. The summed E-state index contributed by atoms with van der Waals surface area (Å²) in [6, 6.07) is 4.13. The molecule has 106 valence electrons. The summed E-state index contributed by atoms with van der Waals surface area (Å²) < 4.78 is 26.9. The molecule has 1 unspecified atom stereocenters. The predicted octanol–water partition coefficient (Wildman–Crippen LogP) is 2.93. The van der Waals surface area contributed by atoms with Crippen molar-refractivity contribution in [1.82, 2.24) is 10.2 Å². The van der Waals surface area contributed by atoms with Gasteiger partial charge >= 0.3 is 0 Å². The molecule has 1 heterocycles. The maximum Gasteiger partial charge on any atom is 0.127 e. The summed E-state index contributed by atoms with van der Waals surface area (Å²) in [5, 5.41) is 3.35. The first-order valence-electron chi connectivity index (χ1n) is 7.09. The van der Waals surface area contributed by atoms with E-state index in [4.69, 9.17) is 0 Å². The molecule has 19 heavy (non-hydrogen) atoms. The standard InChI is InChI=1S/C15H22F2N2/c1-2-18-10-14-5-3-4-8-19(14)11-12-9-13(16)6-7-15(12)17/h6-7,9,14,18H,2-5,8,10-11H2,1H3. The molecular formula is C15H22F2N2. The van der Waals surface area contributed by atoms with Crippen molar-refractivity contribution in [2.75, 3.05) is 19.6 Å². The number of likely N-dealkylation sites (tertiary alicyclic amines) is 1. The smallest absolute Gasteiger partial charge is 0.127 e. The summed E-state index contributed by atoms with van der Waals surface area (Å²) in [4.78, 5) is 2.27. The normalized spacial score (nSPS) is 20.7. The fraction of sp³-hybridized carbons (Fsp3) is 0.600. The average molecular weight is 268 g/mol. The average Bonchev–Trinajstić information content (AvgIpc) is 2.42. The molecule has 1 fully saturated rings. The van der Waals surface area contributed by atoms with E-state index in [9.17, 15) is 8.78 Å². The van der Waals surface area contributed by atoms with Crippen LogP contribution in [0.15, 0.2) is 18.2 Å². The molecule has 2 rings (SSSR count). The van der Waals surface area contributed by atoms with E-state index in [0.29, 0.717) is 18.2 Å². The number of likely N-dealkylation sites (N-methyl/N-ethyl adjacent to an activating group) is 1. The van der Waals surface area contributed by atoms with Crippen molar-refractivity contribution in [3.05, 3.63) is 35.4 Å². The quantitative estimate of drug-likeness (QED) is 0.883. The van der Waals surface area contributed by atoms with E-state index in [1.54, 1.807) is 0 Å². The fourth-order valence-electron chi connectivity index (χ4n) is 2.69. The lowest BCUT2D eigenvalue weighted by atomic mass is 10.0. The minimum Gasteiger partial charge on any atom is -0.315 e. The molecule has 1 aliphatic heterocycles. The van der Waals surface area contributed by atoms with Crippen LogP contribution in [0.25, 0.3) is 0 Å². The minimum atomic E-state index is -0.364. The van der Waals surface area contributed by atoms with Gasteiger partial charge in [0.05, 0.1) is 0 Å². The number of piperidine rings is 1. The summed E-state index contributed by atoms with van der Waals surface area (Å²) in [5.41, 5.74) is 0.461. The van der Waals surface area contributed by atoms with Gasteiger partial charge in [-0.15, -0.1) is 0 Å². The number of nitrogens with zero attached hydrogens (tertiary/aromatic N) is 1. The van der Waals surface area contributed by atoms with Crippen LogP contribution in [0.5, 0.6) is 0 Å². The van der Waals surface area contributed by atoms with Crippen LogP contribution in [0.2, 0.25) is 0 Å². The Bertz CT molecular complexity index is 409. The second-order valence-electron chi connectivity index (χ2n) is 5.16. The van der Waals surface area contributed by atoms with Gasteiger partial charge in [-0.05, 0) is 44.1 Å². The highest BCUT2D eigenvalue weighted by molar-refractivity contribution is 5.18. The van der Waals surface area contributed by atoms with Crippen molar-refractivity contribution in [1.29, 1.82) is 0 Å². The number of benzene rings is 1. The van der Waals surface area contributed by atoms with Crippen LogP contribution < -0.4 is 5.32 Å². The van der Waals surface area contributed by atoms with Gasteiger partial charge < -0.3 is 5.32 Å². The Balaban J connectivity index is 2.04. The molecule has 1 aliphatic rings. The zero-order chi connectivity index (χ0) is 13.7. The molecule has 1 N–H and O–H groups in total. The Morgan fingerprint density at radius 1 is 1.32 bits per heavy atom. The third-order valence-electron chi connectivity index (χ3n) is 3.76. The van der Waals surface area contributed by atoms with Gasteiger partial charge in [-0.2, -0.15) is 0 Å². The van der Waals surface area contributed by atoms with E-state index in [2.05, 4.69) is 17.1 Å². The topological polar surface area (TPSA) is 15.3 Å². The molecule has 0 bridgehead atoms. The SMILES string of the molecule is CCNCC1CCCCN1Cc1cc(F)ccc1F. The van der Waals surface area contributed by atoms with Crippen molar-refractivity contribution in [3.63, 3.8) is 0 Å². The van der Waals surface area contributed by atoms with Crippen molar-refractivity contribution in [2.45, 2.75) is 38.8 Å². The van der Waals surface area contributed by atoms with Gasteiger partial charge in [0, 0.05) is 24.7 Å². The first-order valence-corrected chi connectivity index (χ1v) is 7.09. The Hall–Kier alpha value is -1.00. The first kappa shape index (κ1) is 14.4. The highest BCUT2D eigenvalue weighted by Gasteiger charge is 2.22. The molecule has 0 radical (unpaired) electrons. The molecule has 0 aliphatic carbocycles. The molecule has 0 aromatic heterocycles. The number of halogens is 2. The van der Waals surface area contributed by atoms with Crippen molar-refractivity contribution in [3.8, 4) is 0 Å². The number of nitrogens with one attached hydrogen (secondary N) is 1. The highest BCUT2D eigenvalue weighted by atomic mass is 19.1. The Morgan fingerprint density at radius 2 is 2.16 bits per heavy atom. The van der Waals surface area contributed by atoms with Gasteiger partial charge in [0.1, 0.15) is 11.6 Å². The highest BCUT2D eigenvalue weighted by Crippen LogP contribution is 2.21. The second-order valence-corrected chi connectivity index (χ2v) is 5.16. The van der Waals surface area contributed by atoms with E-state index in [1.807, 2.05) is 0 Å². The zero-order valence-electron chi connectivity index (χ0n) is 11.5. The summed E-state index contributed by atoms with van der Waals surface area (Å²) in [6.45, 7) is 5.41. The summed E-state index contributed by atoms with van der Waals surface area (Å²) in [6.07, 6.45) is 3.49. The maximum atomic E-state index is 13.7. The van der Waals surface area contributed by atoms with Gasteiger partial charge in [-0.1, -0.05) is 13.3 Å². The Morgan fingerprint density at radius 3 is 2.95 bits per heavy atom. The zero-order valence-corrected chi connectivity index (χ0v) is 11.5. The lowest BCUT2D eigenvalue weighted by molar-refractivity contribution is 0.136. The monoisotopic (exact) mass is 268 g/mol. The molecule has 0 saturated carbocycles. The lowest BCUT2D eigenvalue weighted by Crippen LogP contribution is -2.45. The van der Waals surface area contributed by atoms with Crippen molar-refractivity contribution >= 4 is 0 Å². The van der Waals surface area contributed by atoms with E-state index in [-0.39, 0.29) is 11.6 Å². The Labute approximate surface area is 113 Å². The van der Waals surface area contributed by atoms with Gasteiger partial charge in [0.15, 0.2) is 0 Å². The van der Waals surface area contributed by atoms with E-state index in [1.165, 1.54) is 24.6 Å². The molecule has 1 saturated heterocycles.